The van der Waals surface area contributed by atoms with Gasteiger partial charge in [-0.1, -0.05) is 12.1 Å². The monoisotopic (exact) mass is 291 g/mol. The zero-order valence-electron chi connectivity index (χ0n) is 13.6. The minimum atomic E-state index is 0.236. The van der Waals surface area contributed by atoms with E-state index in [9.17, 15) is 0 Å². The molecule has 0 bridgehead atoms. The van der Waals surface area contributed by atoms with E-state index in [0.717, 1.165) is 38.2 Å². The fraction of sp³-hybridized carbons (Fsp3) is 0.667. The van der Waals surface area contributed by atoms with Crippen LogP contribution in [-0.4, -0.2) is 31.4 Å². The third kappa shape index (κ3) is 6.06. The summed E-state index contributed by atoms with van der Waals surface area (Å²) in [7, 11) is 0. The Morgan fingerprint density at radius 3 is 2.43 bits per heavy atom. The number of hydrogen-bond acceptors (Lipinski definition) is 3. The van der Waals surface area contributed by atoms with Gasteiger partial charge in [0.05, 0.1) is 6.10 Å². The van der Waals surface area contributed by atoms with E-state index in [1.165, 1.54) is 12.0 Å². The number of hydrogen-bond donors (Lipinski definition) is 1. The largest absolute Gasteiger partial charge is 0.491 e. The number of aryl methyl sites for hydroxylation is 1. The van der Waals surface area contributed by atoms with Crippen molar-refractivity contribution in [1.29, 1.82) is 0 Å². The van der Waals surface area contributed by atoms with Crippen molar-refractivity contribution in [3.8, 4) is 5.75 Å². The van der Waals surface area contributed by atoms with Crippen LogP contribution in [0.4, 0.5) is 0 Å². The predicted molar refractivity (Wildman–Crippen MR) is 87.0 cm³/mol. The van der Waals surface area contributed by atoms with E-state index < -0.39 is 0 Å². The third-order valence-corrected chi connectivity index (χ3v) is 3.90. The van der Waals surface area contributed by atoms with Crippen molar-refractivity contribution in [3.05, 3.63) is 29.8 Å². The van der Waals surface area contributed by atoms with Crippen LogP contribution in [0.2, 0.25) is 0 Å². The van der Waals surface area contributed by atoms with Gasteiger partial charge in [-0.05, 0) is 64.2 Å². The highest BCUT2D eigenvalue weighted by atomic mass is 16.5. The first kappa shape index (κ1) is 16.3. The molecule has 1 aromatic carbocycles. The van der Waals surface area contributed by atoms with E-state index in [0.29, 0.717) is 12.1 Å². The van der Waals surface area contributed by atoms with Gasteiger partial charge in [0.25, 0.3) is 0 Å². The third-order valence-electron chi connectivity index (χ3n) is 3.90. The number of ether oxygens (including phenoxy) is 2. The lowest BCUT2D eigenvalue weighted by atomic mass is 10.0. The smallest absolute Gasteiger partial charge is 0.119 e. The van der Waals surface area contributed by atoms with E-state index in [-0.39, 0.29) is 6.10 Å². The van der Waals surface area contributed by atoms with Gasteiger partial charge in [0.2, 0.25) is 0 Å². The molecule has 1 aliphatic heterocycles. The molecule has 0 amide bonds. The summed E-state index contributed by atoms with van der Waals surface area (Å²) in [4.78, 5) is 0. The maximum absolute atomic E-state index is 5.67. The van der Waals surface area contributed by atoms with Crippen molar-refractivity contribution >= 4 is 0 Å². The van der Waals surface area contributed by atoms with Gasteiger partial charge in [-0.25, -0.2) is 0 Å². The van der Waals surface area contributed by atoms with Gasteiger partial charge >= 0.3 is 0 Å². The Balaban J connectivity index is 1.71. The molecule has 1 heterocycles. The molecule has 118 valence electrons. The summed E-state index contributed by atoms with van der Waals surface area (Å²) in [6, 6.07) is 9.70. The molecule has 3 heteroatoms. The van der Waals surface area contributed by atoms with Gasteiger partial charge < -0.3 is 14.8 Å². The van der Waals surface area contributed by atoms with Gasteiger partial charge in [-0.2, -0.15) is 0 Å². The van der Waals surface area contributed by atoms with Gasteiger partial charge in [0.1, 0.15) is 5.75 Å². The summed E-state index contributed by atoms with van der Waals surface area (Å²) in [5.74, 6) is 0.960. The zero-order valence-corrected chi connectivity index (χ0v) is 13.6. The minimum Gasteiger partial charge on any atom is -0.491 e. The first-order chi connectivity index (χ1) is 10.1. The Labute approximate surface area is 129 Å². The molecule has 21 heavy (non-hydrogen) atoms. The van der Waals surface area contributed by atoms with E-state index in [1.54, 1.807) is 0 Å². The highest BCUT2D eigenvalue weighted by Crippen LogP contribution is 2.16. The van der Waals surface area contributed by atoms with Crippen LogP contribution in [0.15, 0.2) is 24.3 Å². The molecular weight excluding hydrogens is 262 g/mol. The number of rotatable bonds is 7. The first-order valence-electron chi connectivity index (χ1n) is 8.23. The van der Waals surface area contributed by atoms with Crippen molar-refractivity contribution in [1.82, 2.24) is 5.32 Å². The molecule has 1 fully saturated rings. The number of nitrogens with one attached hydrogen (secondary N) is 1. The predicted octanol–water partition coefficient (Wildman–Crippen LogP) is 3.56. The van der Waals surface area contributed by atoms with Crippen molar-refractivity contribution < 1.29 is 9.47 Å². The summed E-state index contributed by atoms with van der Waals surface area (Å²) in [6.45, 7) is 8.20. The molecule has 0 saturated carbocycles. The van der Waals surface area contributed by atoms with Gasteiger partial charge in [-0.3, -0.25) is 0 Å². The van der Waals surface area contributed by atoms with Crippen LogP contribution in [0.25, 0.3) is 0 Å². The lowest BCUT2D eigenvalue weighted by Gasteiger charge is -2.26. The summed E-state index contributed by atoms with van der Waals surface area (Å²) < 4.78 is 11.1. The molecule has 1 atom stereocenters. The molecule has 1 saturated heterocycles. The summed E-state index contributed by atoms with van der Waals surface area (Å²) in [6.07, 6.45) is 4.80. The second-order valence-electron chi connectivity index (χ2n) is 6.30. The van der Waals surface area contributed by atoms with Crippen LogP contribution in [0.5, 0.6) is 5.75 Å². The highest BCUT2D eigenvalue weighted by Gasteiger charge is 2.15. The van der Waals surface area contributed by atoms with Crippen LogP contribution < -0.4 is 10.1 Å². The van der Waals surface area contributed by atoms with E-state index in [4.69, 9.17) is 9.47 Å². The molecule has 3 nitrogen and oxygen atoms in total. The van der Waals surface area contributed by atoms with E-state index in [1.807, 2.05) is 0 Å². The average molecular weight is 291 g/mol. The topological polar surface area (TPSA) is 30.5 Å². The van der Waals surface area contributed by atoms with Crippen molar-refractivity contribution in [3.63, 3.8) is 0 Å². The quantitative estimate of drug-likeness (QED) is 0.833. The molecule has 1 unspecified atom stereocenters. The Morgan fingerprint density at radius 2 is 1.81 bits per heavy atom. The summed E-state index contributed by atoms with van der Waals surface area (Å²) in [5, 5.41) is 3.72. The van der Waals surface area contributed by atoms with E-state index >= 15 is 0 Å². The summed E-state index contributed by atoms with van der Waals surface area (Å²) >= 11 is 0. The molecule has 0 spiro atoms. The lowest BCUT2D eigenvalue weighted by Crippen LogP contribution is -2.40. The standard InChI is InChI=1S/C18H29NO2/c1-14(2)21-18-8-6-16(7-9-18)5-4-15(3)19-17-10-12-20-13-11-17/h6-9,14-15,17,19H,4-5,10-13H2,1-3H3. The number of benzene rings is 1. The molecule has 2 rings (SSSR count). The Hall–Kier alpha value is -1.06. The molecule has 0 radical (unpaired) electrons. The Morgan fingerprint density at radius 1 is 1.14 bits per heavy atom. The molecule has 0 aromatic heterocycles. The fourth-order valence-corrected chi connectivity index (χ4v) is 2.74. The fourth-order valence-electron chi connectivity index (χ4n) is 2.74. The molecule has 1 aliphatic rings. The van der Waals surface area contributed by atoms with Crippen LogP contribution in [0, 0.1) is 0 Å². The van der Waals surface area contributed by atoms with Crippen LogP contribution in [-0.2, 0) is 11.2 Å². The van der Waals surface area contributed by atoms with Crippen molar-refractivity contribution in [2.24, 2.45) is 0 Å². The van der Waals surface area contributed by atoms with Gasteiger partial charge in [0, 0.05) is 25.3 Å². The van der Waals surface area contributed by atoms with Crippen LogP contribution in [0.3, 0.4) is 0 Å². The van der Waals surface area contributed by atoms with Crippen LogP contribution in [0.1, 0.15) is 45.6 Å². The van der Waals surface area contributed by atoms with Gasteiger partial charge in [0.15, 0.2) is 0 Å². The Bertz CT molecular complexity index is 396. The zero-order chi connectivity index (χ0) is 15.1. The Kier molecular flexibility index (Phi) is 6.52. The van der Waals surface area contributed by atoms with Gasteiger partial charge in [-0.15, -0.1) is 0 Å². The maximum atomic E-state index is 5.67. The average Bonchev–Trinajstić information content (AvgIpc) is 2.47. The minimum absolute atomic E-state index is 0.236. The molecule has 1 aromatic rings. The first-order valence-corrected chi connectivity index (χ1v) is 8.23. The highest BCUT2D eigenvalue weighted by molar-refractivity contribution is 5.27. The van der Waals surface area contributed by atoms with Crippen molar-refractivity contribution in [2.75, 3.05) is 13.2 Å². The molecule has 1 N–H and O–H groups in total. The normalized spacial score (nSPS) is 17.9. The second kappa shape index (κ2) is 8.40. The lowest BCUT2D eigenvalue weighted by molar-refractivity contribution is 0.0752. The second-order valence-corrected chi connectivity index (χ2v) is 6.30. The van der Waals surface area contributed by atoms with E-state index in [2.05, 4.69) is 50.4 Å². The summed E-state index contributed by atoms with van der Waals surface area (Å²) in [5.41, 5.74) is 1.38. The SMILES string of the molecule is CC(CCc1ccc(OC(C)C)cc1)NC1CCOCC1. The molecule has 0 aliphatic carbocycles. The van der Waals surface area contributed by atoms with Crippen LogP contribution >= 0.6 is 0 Å². The maximum Gasteiger partial charge on any atom is 0.119 e. The van der Waals surface area contributed by atoms with Crippen molar-refractivity contribution in [2.45, 2.75) is 64.6 Å². The molecular formula is C18H29NO2.